The zero-order valence-corrected chi connectivity index (χ0v) is 8.77. The van der Waals surface area contributed by atoms with E-state index in [0.717, 1.165) is 25.8 Å². The summed E-state index contributed by atoms with van der Waals surface area (Å²) in [6.45, 7) is 5.62. The number of hydrogen-bond acceptors (Lipinski definition) is 2. The lowest BCUT2D eigenvalue weighted by Crippen LogP contribution is -2.46. The van der Waals surface area contributed by atoms with Crippen molar-refractivity contribution >= 4 is 0 Å². The first-order valence-corrected chi connectivity index (χ1v) is 5.48. The Labute approximate surface area is 80.7 Å². The molecule has 2 fully saturated rings. The second kappa shape index (κ2) is 2.96. The first kappa shape index (κ1) is 9.47. The van der Waals surface area contributed by atoms with Crippen molar-refractivity contribution in [1.29, 1.82) is 0 Å². The Morgan fingerprint density at radius 3 is 2.54 bits per heavy atom. The Balaban J connectivity index is 2.05. The highest BCUT2D eigenvalue weighted by Gasteiger charge is 2.47. The summed E-state index contributed by atoms with van der Waals surface area (Å²) in [6.07, 6.45) is 5.51. The van der Waals surface area contributed by atoms with Gasteiger partial charge in [-0.25, -0.2) is 0 Å². The van der Waals surface area contributed by atoms with Gasteiger partial charge >= 0.3 is 0 Å². The Morgan fingerprint density at radius 2 is 2.08 bits per heavy atom. The molecule has 0 spiro atoms. The van der Waals surface area contributed by atoms with Crippen LogP contribution in [0, 0.1) is 5.41 Å². The zero-order chi connectivity index (χ0) is 9.53. The van der Waals surface area contributed by atoms with Crippen molar-refractivity contribution < 1.29 is 5.11 Å². The van der Waals surface area contributed by atoms with Gasteiger partial charge in [0.1, 0.15) is 0 Å². The van der Waals surface area contributed by atoms with E-state index in [1.807, 2.05) is 0 Å². The molecule has 13 heavy (non-hydrogen) atoms. The third kappa shape index (κ3) is 1.75. The third-order valence-electron chi connectivity index (χ3n) is 3.73. The predicted octanol–water partition coefficient (Wildman–Crippen LogP) is 1.68. The molecule has 2 atom stereocenters. The Bertz CT molecular complexity index is 196. The summed E-state index contributed by atoms with van der Waals surface area (Å²) < 4.78 is 0. The van der Waals surface area contributed by atoms with E-state index in [9.17, 15) is 5.11 Å². The molecular weight excluding hydrogens is 162 g/mol. The lowest BCUT2D eigenvalue weighted by Gasteiger charge is -2.31. The molecule has 0 aromatic carbocycles. The van der Waals surface area contributed by atoms with Crippen LogP contribution in [0.4, 0.5) is 0 Å². The van der Waals surface area contributed by atoms with Crippen LogP contribution in [-0.4, -0.2) is 23.3 Å². The molecule has 2 heteroatoms. The summed E-state index contributed by atoms with van der Waals surface area (Å²) in [6, 6.07) is 0.370. The van der Waals surface area contributed by atoms with Crippen molar-refractivity contribution in [2.24, 2.45) is 5.41 Å². The van der Waals surface area contributed by atoms with Gasteiger partial charge in [-0.1, -0.05) is 13.8 Å². The molecule has 2 N–H and O–H groups in total. The molecule has 0 amide bonds. The molecule has 1 heterocycles. The minimum Gasteiger partial charge on any atom is -0.388 e. The van der Waals surface area contributed by atoms with Gasteiger partial charge in [0, 0.05) is 6.04 Å². The van der Waals surface area contributed by atoms with Crippen molar-refractivity contribution in [3.63, 3.8) is 0 Å². The molecule has 0 bridgehead atoms. The molecule has 2 nitrogen and oxygen atoms in total. The summed E-state index contributed by atoms with van der Waals surface area (Å²) in [5.41, 5.74) is -0.0565. The van der Waals surface area contributed by atoms with Crippen molar-refractivity contribution in [1.82, 2.24) is 5.32 Å². The molecule has 76 valence electrons. The van der Waals surface area contributed by atoms with E-state index in [1.54, 1.807) is 0 Å². The normalized spacial score (nSPS) is 44.1. The van der Waals surface area contributed by atoms with Crippen LogP contribution in [0.5, 0.6) is 0 Å². The molecule has 0 aromatic rings. The van der Waals surface area contributed by atoms with E-state index in [2.05, 4.69) is 19.2 Å². The fourth-order valence-electron chi connectivity index (χ4n) is 3.00. The highest BCUT2D eigenvalue weighted by atomic mass is 16.3. The number of nitrogens with one attached hydrogen (secondary N) is 1. The Kier molecular flexibility index (Phi) is 2.16. The zero-order valence-electron chi connectivity index (χ0n) is 8.77. The predicted molar refractivity (Wildman–Crippen MR) is 53.6 cm³/mol. The minimum absolute atomic E-state index is 0.346. The average Bonchev–Trinajstić information content (AvgIpc) is 2.58. The highest BCUT2D eigenvalue weighted by molar-refractivity contribution is 5.02. The molecule has 0 aromatic heterocycles. The maximum atomic E-state index is 10.5. The van der Waals surface area contributed by atoms with Crippen molar-refractivity contribution in [2.45, 2.75) is 57.6 Å². The van der Waals surface area contributed by atoms with Gasteiger partial charge in [0.15, 0.2) is 0 Å². The largest absolute Gasteiger partial charge is 0.388 e. The minimum atomic E-state index is -0.403. The molecule has 2 unspecified atom stereocenters. The first-order chi connectivity index (χ1) is 6.02. The average molecular weight is 183 g/mol. The summed E-state index contributed by atoms with van der Waals surface area (Å²) in [5, 5.41) is 13.9. The monoisotopic (exact) mass is 183 g/mol. The molecule has 0 radical (unpaired) electrons. The van der Waals surface area contributed by atoms with Gasteiger partial charge in [-0.3, -0.25) is 0 Å². The Hall–Kier alpha value is -0.0800. The van der Waals surface area contributed by atoms with Gasteiger partial charge in [0.05, 0.1) is 5.60 Å². The van der Waals surface area contributed by atoms with Crippen molar-refractivity contribution in [3.8, 4) is 0 Å². The fraction of sp³-hybridized carbons (Fsp3) is 1.00. The van der Waals surface area contributed by atoms with E-state index in [-0.39, 0.29) is 0 Å². The second-order valence-corrected chi connectivity index (χ2v) is 5.59. The van der Waals surface area contributed by atoms with Crippen LogP contribution < -0.4 is 5.32 Å². The van der Waals surface area contributed by atoms with Crippen LogP contribution >= 0.6 is 0 Å². The van der Waals surface area contributed by atoms with Gasteiger partial charge in [-0.15, -0.1) is 0 Å². The van der Waals surface area contributed by atoms with E-state index in [4.69, 9.17) is 0 Å². The lowest BCUT2D eigenvalue weighted by molar-refractivity contribution is 0.00542. The summed E-state index contributed by atoms with van der Waals surface area (Å²) in [5.74, 6) is 0. The molecule has 1 saturated carbocycles. The SMILES string of the molecule is CC1(C)CCC(O)(C2CCCN2)C1. The standard InChI is InChI=1S/C11H21NO/c1-10(2)5-6-11(13,8-10)9-4-3-7-12-9/h9,12-13H,3-8H2,1-2H3. The summed E-state index contributed by atoms with van der Waals surface area (Å²) in [4.78, 5) is 0. The van der Waals surface area contributed by atoms with E-state index in [0.29, 0.717) is 11.5 Å². The molecular formula is C11H21NO. The second-order valence-electron chi connectivity index (χ2n) is 5.59. The van der Waals surface area contributed by atoms with E-state index in [1.165, 1.54) is 12.8 Å². The number of hydrogen-bond donors (Lipinski definition) is 2. The molecule has 1 aliphatic carbocycles. The summed E-state index contributed by atoms with van der Waals surface area (Å²) >= 11 is 0. The lowest BCUT2D eigenvalue weighted by atomic mass is 9.85. The van der Waals surface area contributed by atoms with Gasteiger partial charge in [0.25, 0.3) is 0 Å². The van der Waals surface area contributed by atoms with Gasteiger partial charge in [0.2, 0.25) is 0 Å². The van der Waals surface area contributed by atoms with Crippen LogP contribution in [0.3, 0.4) is 0 Å². The van der Waals surface area contributed by atoms with E-state index < -0.39 is 5.60 Å². The quantitative estimate of drug-likeness (QED) is 0.648. The molecule has 1 aliphatic heterocycles. The number of aliphatic hydroxyl groups is 1. The third-order valence-corrected chi connectivity index (χ3v) is 3.73. The molecule has 1 saturated heterocycles. The maximum absolute atomic E-state index is 10.5. The Morgan fingerprint density at radius 1 is 1.31 bits per heavy atom. The van der Waals surface area contributed by atoms with E-state index >= 15 is 0 Å². The van der Waals surface area contributed by atoms with Crippen LogP contribution in [0.2, 0.25) is 0 Å². The number of rotatable bonds is 1. The van der Waals surface area contributed by atoms with Crippen LogP contribution in [0.1, 0.15) is 46.0 Å². The van der Waals surface area contributed by atoms with Crippen molar-refractivity contribution in [2.75, 3.05) is 6.54 Å². The van der Waals surface area contributed by atoms with Crippen LogP contribution in [0.15, 0.2) is 0 Å². The highest BCUT2D eigenvalue weighted by Crippen LogP contribution is 2.46. The van der Waals surface area contributed by atoms with Crippen molar-refractivity contribution in [3.05, 3.63) is 0 Å². The smallest absolute Gasteiger partial charge is 0.0805 e. The maximum Gasteiger partial charge on any atom is 0.0805 e. The van der Waals surface area contributed by atoms with Gasteiger partial charge < -0.3 is 10.4 Å². The molecule has 2 aliphatic rings. The van der Waals surface area contributed by atoms with Crippen LogP contribution in [0.25, 0.3) is 0 Å². The van der Waals surface area contributed by atoms with Crippen LogP contribution in [-0.2, 0) is 0 Å². The summed E-state index contributed by atoms with van der Waals surface area (Å²) in [7, 11) is 0. The van der Waals surface area contributed by atoms with Gasteiger partial charge in [-0.2, -0.15) is 0 Å². The molecule has 2 rings (SSSR count). The fourth-order valence-corrected chi connectivity index (χ4v) is 3.00. The van der Waals surface area contributed by atoms with Gasteiger partial charge in [-0.05, 0) is 44.1 Å². The topological polar surface area (TPSA) is 32.3 Å². The first-order valence-electron chi connectivity index (χ1n) is 5.48.